The molecule has 1 aromatic rings. The lowest BCUT2D eigenvalue weighted by Crippen LogP contribution is -1.89. The minimum atomic E-state index is 0.948. The summed E-state index contributed by atoms with van der Waals surface area (Å²) in [4.78, 5) is 8.35. The monoisotopic (exact) mass is 150 g/mol. The fraction of sp³-hybridized carbons (Fsp3) is 0.143. The minimum absolute atomic E-state index is 0.948. The van der Waals surface area contributed by atoms with E-state index in [1.165, 1.54) is 0 Å². The molecule has 0 aliphatic carbocycles. The minimum Gasteiger partial charge on any atom is -0.258 e. The third-order valence-electron chi connectivity index (χ3n) is 1.28. The Hall–Kier alpha value is -0.830. The summed E-state index contributed by atoms with van der Waals surface area (Å²) in [6.45, 7) is 0. The van der Waals surface area contributed by atoms with E-state index < -0.39 is 0 Å². The van der Waals surface area contributed by atoms with E-state index in [1.54, 1.807) is 18.0 Å². The smallest absolute Gasteiger partial charge is 0.122 e. The summed E-state index contributed by atoms with van der Waals surface area (Å²) in [6.07, 6.45) is 3.71. The summed E-state index contributed by atoms with van der Waals surface area (Å²) in [6, 6.07) is 3.88. The van der Waals surface area contributed by atoms with Gasteiger partial charge in [-0.3, -0.25) is 4.99 Å². The first-order valence-electron chi connectivity index (χ1n) is 3.07. The molecule has 0 aromatic carbocycles. The van der Waals surface area contributed by atoms with Crippen LogP contribution >= 0.6 is 11.8 Å². The van der Waals surface area contributed by atoms with Crippen molar-refractivity contribution < 1.29 is 0 Å². The molecular formula is C7H6N2S. The van der Waals surface area contributed by atoms with Gasteiger partial charge in [-0.25, -0.2) is 4.98 Å². The first-order chi connectivity index (χ1) is 4.97. The quantitative estimate of drug-likeness (QED) is 0.564. The number of hydrogen-bond acceptors (Lipinski definition) is 3. The Morgan fingerprint density at radius 1 is 1.50 bits per heavy atom. The van der Waals surface area contributed by atoms with E-state index in [1.807, 2.05) is 18.3 Å². The number of hydrogen-bond donors (Lipinski definition) is 0. The molecule has 1 aliphatic heterocycles. The number of pyridine rings is 1. The van der Waals surface area contributed by atoms with E-state index in [0.717, 1.165) is 16.5 Å². The molecule has 2 heterocycles. The molecule has 2 nitrogen and oxygen atoms in total. The second-order valence-corrected chi connectivity index (χ2v) is 2.96. The number of nitrogens with zero attached hydrogens (tertiary/aromatic N) is 2. The van der Waals surface area contributed by atoms with Gasteiger partial charge in [0.05, 0.1) is 5.69 Å². The molecule has 1 aromatic heterocycles. The maximum Gasteiger partial charge on any atom is 0.122 e. The van der Waals surface area contributed by atoms with E-state index >= 15 is 0 Å². The van der Waals surface area contributed by atoms with Crippen molar-refractivity contribution in [1.29, 1.82) is 0 Å². The van der Waals surface area contributed by atoms with Crippen LogP contribution in [0.4, 0.5) is 5.69 Å². The summed E-state index contributed by atoms with van der Waals surface area (Å²) in [5, 5.41) is 1.05. The second-order valence-electron chi connectivity index (χ2n) is 1.95. The molecule has 50 valence electrons. The fourth-order valence-electron chi connectivity index (χ4n) is 0.844. The second kappa shape index (κ2) is 2.42. The van der Waals surface area contributed by atoms with Gasteiger partial charge in [-0.15, -0.1) is 0 Å². The summed E-state index contributed by atoms with van der Waals surface area (Å²) in [5.41, 5.74) is 0.999. The Morgan fingerprint density at radius 3 is 3.40 bits per heavy atom. The van der Waals surface area contributed by atoms with E-state index in [0.29, 0.717) is 0 Å². The molecule has 0 saturated carbocycles. The van der Waals surface area contributed by atoms with Crippen molar-refractivity contribution in [2.75, 3.05) is 5.75 Å². The molecule has 0 amide bonds. The average Bonchev–Trinajstić information content (AvgIpc) is 2.05. The lowest BCUT2D eigenvalue weighted by Gasteiger charge is -2.05. The van der Waals surface area contributed by atoms with Gasteiger partial charge in [0.2, 0.25) is 0 Å². The van der Waals surface area contributed by atoms with Gasteiger partial charge >= 0.3 is 0 Å². The molecule has 0 radical (unpaired) electrons. The standard InChI is InChI=1S/C7H6N2S/c1-2-6-7(9-3-1)10-5-4-8-6/h1-4H,5H2. The Balaban J connectivity index is 2.54. The maximum absolute atomic E-state index is 4.18. The normalized spacial score (nSPS) is 14.8. The lowest BCUT2D eigenvalue weighted by molar-refractivity contribution is 1.12. The molecule has 10 heavy (non-hydrogen) atoms. The molecule has 1 aliphatic rings. The van der Waals surface area contributed by atoms with Crippen molar-refractivity contribution in [1.82, 2.24) is 4.98 Å². The van der Waals surface area contributed by atoms with Gasteiger partial charge < -0.3 is 0 Å². The summed E-state index contributed by atoms with van der Waals surface area (Å²) in [5.74, 6) is 0.948. The van der Waals surface area contributed by atoms with Crippen molar-refractivity contribution in [2.24, 2.45) is 4.99 Å². The van der Waals surface area contributed by atoms with Crippen LogP contribution in [0.3, 0.4) is 0 Å². The molecule has 0 bridgehead atoms. The van der Waals surface area contributed by atoms with Gasteiger partial charge in [0.1, 0.15) is 5.03 Å². The van der Waals surface area contributed by atoms with Gasteiger partial charge in [0, 0.05) is 18.2 Å². The molecule has 0 spiro atoms. The zero-order valence-electron chi connectivity index (χ0n) is 5.32. The molecular weight excluding hydrogens is 144 g/mol. The van der Waals surface area contributed by atoms with E-state index in [9.17, 15) is 0 Å². The average molecular weight is 150 g/mol. The van der Waals surface area contributed by atoms with E-state index in [2.05, 4.69) is 9.98 Å². The predicted molar refractivity (Wildman–Crippen MR) is 43.1 cm³/mol. The molecule has 0 saturated heterocycles. The first-order valence-corrected chi connectivity index (χ1v) is 4.06. The Bertz CT molecular complexity index is 270. The number of aliphatic imine (C=N–C) groups is 1. The van der Waals surface area contributed by atoms with Crippen LogP contribution in [-0.4, -0.2) is 17.0 Å². The zero-order valence-corrected chi connectivity index (χ0v) is 6.14. The highest BCUT2D eigenvalue weighted by Crippen LogP contribution is 2.28. The van der Waals surface area contributed by atoms with Crippen LogP contribution in [0, 0.1) is 0 Å². The Morgan fingerprint density at radius 2 is 2.50 bits per heavy atom. The van der Waals surface area contributed by atoms with E-state index in [-0.39, 0.29) is 0 Å². The molecule has 0 fully saturated rings. The van der Waals surface area contributed by atoms with Crippen LogP contribution in [0.1, 0.15) is 0 Å². The number of thioether (sulfide) groups is 1. The van der Waals surface area contributed by atoms with Crippen LogP contribution in [0.2, 0.25) is 0 Å². The number of fused-ring (bicyclic) bond motifs is 1. The highest BCUT2D eigenvalue weighted by Gasteiger charge is 2.04. The molecule has 3 heteroatoms. The van der Waals surface area contributed by atoms with E-state index in [4.69, 9.17) is 0 Å². The molecule has 0 atom stereocenters. The topological polar surface area (TPSA) is 25.2 Å². The summed E-state index contributed by atoms with van der Waals surface area (Å²) in [7, 11) is 0. The highest BCUT2D eigenvalue weighted by atomic mass is 32.2. The van der Waals surface area contributed by atoms with Crippen molar-refractivity contribution in [3.8, 4) is 0 Å². The molecule has 2 rings (SSSR count). The van der Waals surface area contributed by atoms with Gasteiger partial charge in [-0.2, -0.15) is 0 Å². The van der Waals surface area contributed by atoms with Gasteiger partial charge in [-0.05, 0) is 12.1 Å². The summed E-state index contributed by atoms with van der Waals surface area (Å²) >= 11 is 1.73. The van der Waals surface area contributed by atoms with Gasteiger partial charge in [0.15, 0.2) is 0 Å². The molecule has 0 unspecified atom stereocenters. The molecule has 0 N–H and O–H groups in total. The maximum atomic E-state index is 4.18. The van der Waals surface area contributed by atoms with Crippen molar-refractivity contribution in [3.05, 3.63) is 18.3 Å². The van der Waals surface area contributed by atoms with Crippen molar-refractivity contribution in [2.45, 2.75) is 5.03 Å². The lowest BCUT2D eigenvalue weighted by atomic mass is 10.4. The van der Waals surface area contributed by atoms with Crippen molar-refractivity contribution >= 4 is 23.7 Å². The third-order valence-corrected chi connectivity index (χ3v) is 2.18. The van der Waals surface area contributed by atoms with Gasteiger partial charge in [-0.1, -0.05) is 11.8 Å². The van der Waals surface area contributed by atoms with Crippen LogP contribution < -0.4 is 0 Å². The van der Waals surface area contributed by atoms with Crippen LogP contribution in [-0.2, 0) is 0 Å². The highest BCUT2D eigenvalue weighted by molar-refractivity contribution is 8.00. The third kappa shape index (κ3) is 0.926. The Kier molecular flexibility index (Phi) is 1.43. The van der Waals surface area contributed by atoms with Crippen molar-refractivity contribution in [3.63, 3.8) is 0 Å². The van der Waals surface area contributed by atoms with Crippen LogP contribution in [0.25, 0.3) is 0 Å². The number of rotatable bonds is 0. The Labute approximate surface area is 63.4 Å². The van der Waals surface area contributed by atoms with Crippen LogP contribution in [0.15, 0.2) is 28.3 Å². The first kappa shape index (κ1) is 5.92. The van der Waals surface area contributed by atoms with Gasteiger partial charge in [0.25, 0.3) is 0 Å². The van der Waals surface area contributed by atoms with Crippen LogP contribution in [0.5, 0.6) is 0 Å². The fourth-order valence-corrected chi connectivity index (χ4v) is 1.55. The SMILES string of the molecule is C1=Nc2cccnc2SC1. The largest absolute Gasteiger partial charge is 0.258 e. The number of aromatic nitrogens is 1. The predicted octanol–water partition coefficient (Wildman–Crippen LogP) is 1.89. The zero-order chi connectivity index (χ0) is 6.81. The summed E-state index contributed by atoms with van der Waals surface area (Å²) < 4.78 is 0.